The van der Waals surface area contributed by atoms with E-state index in [1.54, 1.807) is 7.11 Å². The molecule has 2 nitrogen and oxygen atoms in total. The van der Waals surface area contributed by atoms with Crippen molar-refractivity contribution >= 4 is 0 Å². The first-order chi connectivity index (χ1) is 9.55. The van der Waals surface area contributed by atoms with E-state index in [4.69, 9.17) is 4.74 Å². The zero-order valence-corrected chi connectivity index (χ0v) is 13.4. The van der Waals surface area contributed by atoms with Crippen LogP contribution in [0.15, 0.2) is 24.3 Å². The number of hydrogen-bond donors (Lipinski definition) is 1. The van der Waals surface area contributed by atoms with E-state index in [0.29, 0.717) is 5.41 Å². The van der Waals surface area contributed by atoms with Crippen molar-refractivity contribution < 1.29 is 4.74 Å². The van der Waals surface area contributed by atoms with Gasteiger partial charge in [0.05, 0.1) is 7.11 Å². The average molecular weight is 275 g/mol. The quantitative estimate of drug-likeness (QED) is 0.880. The van der Waals surface area contributed by atoms with Crippen LogP contribution in [0, 0.1) is 17.3 Å². The van der Waals surface area contributed by atoms with E-state index in [0.717, 1.165) is 37.1 Å². The molecule has 2 unspecified atom stereocenters. The van der Waals surface area contributed by atoms with Crippen molar-refractivity contribution in [1.82, 2.24) is 5.32 Å². The van der Waals surface area contributed by atoms with Crippen molar-refractivity contribution in [2.75, 3.05) is 20.2 Å². The first-order valence-electron chi connectivity index (χ1n) is 7.88. The van der Waals surface area contributed by atoms with Gasteiger partial charge in [0, 0.05) is 0 Å². The maximum Gasteiger partial charge on any atom is 0.122 e. The Morgan fingerprint density at radius 2 is 2.10 bits per heavy atom. The van der Waals surface area contributed by atoms with Gasteiger partial charge in [0.1, 0.15) is 5.75 Å². The van der Waals surface area contributed by atoms with Crippen LogP contribution in [-0.2, 0) is 6.42 Å². The number of rotatable bonds is 5. The predicted molar refractivity (Wildman–Crippen MR) is 85.2 cm³/mol. The van der Waals surface area contributed by atoms with Crippen LogP contribution in [0.1, 0.15) is 39.2 Å². The Morgan fingerprint density at radius 1 is 1.35 bits per heavy atom. The van der Waals surface area contributed by atoms with Gasteiger partial charge in [-0.25, -0.2) is 0 Å². The summed E-state index contributed by atoms with van der Waals surface area (Å²) in [5.74, 6) is 2.55. The van der Waals surface area contributed by atoms with Gasteiger partial charge in [-0.15, -0.1) is 0 Å². The Hall–Kier alpha value is -1.02. The molecule has 1 aromatic rings. The molecule has 1 aliphatic rings. The molecule has 2 heteroatoms. The number of para-hydroxylation sites is 1. The highest BCUT2D eigenvalue weighted by Crippen LogP contribution is 2.41. The standard InChI is InChI=1S/C18H29NO/c1-14(2)11-16-13-19-10-9-18(16,3)12-15-7-5-6-8-17(15)20-4/h5-8,14,16,19H,9-13H2,1-4H3. The van der Waals surface area contributed by atoms with Crippen LogP contribution in [0.2, 0.25) is 0 Å². The van der Waals surface area contributed by atoms with Gasteiger partial charge in [-0.1, -0.05) is 39.0 Å². The van der Waals surface area contributed by atoms with Gasteiger partial charge in [0.15, 0.2) is 0 Å². The Labute approximate surface area is 123 Å². The van der Waals surface area contributed by atoms with Crippen molar-refractivity contribution in [2.24, 2.45) is 17.3 Å². The molecule has 112 valence electrons. The van der Waals surface area contributed by atoms with Crippen LogP contribution in [-0.4, -0.2) is 20.2 Å². The first kappa shape index (κ1) is 15.4. The van der Waals surface area contributed by atoms with Gasteiger partial charge in [0.2, 0.25) is 0 Å². The summed E-state index contributed by atoms with van der Waals surface area (Å²) >= 11 is 0. The third-order valence-electron chi connectivity index (χ3n) is 4.79. The third-order valence-corrected chi connectivity index (χ3v) is 4.79. The fraction of sp³-hybridized carbons (Fsp3) is 0.667. The molecule has 0 spiro atoms. The monoisotopic (exact) mass is 275 g/mol. The summed E-state index contributed by atoms with van der Waals surface area (Å²) in [6.45, 7) is 9.42. The van der Waals surface area contributed by atoms with E-state index in [1.807, 2.05) is 0 Å². The fourth-order valence-electron chi connectivity index (χ4n) is 3.55. The molecule has 0 aromatic heterocycles. The van der Waals surface area contributed by atoms with Crippen LogP contribution >= 0.6 is 0 Å². The summed E-state index contributed by atoms with van der Waals surface area (Å²) < 4.78 is 5.53. The highest BCUT2D eigenvalue weighted by Gasteiger charge is 2.37. The highest BCUT2D eigenvalue weighted by molar-refractivity contribution is 5.34. The fourth-order valence-corrected chi connectivity index (χ4v) is 3.55. The number of hydrogen-bond acceptors (Lipinski definition) is 2. The lowest BCUT2D eigenvalue weighted by Crippen LogP contribution is -2.45. The van der Waals surface area contributed by atoms with Crippen LogP contribution in [0.3, 0.4) is 0 Å². The SMILES string of the molecule is COc1ccccc1CC1(C)CCNCC1CC(C)C. The van der Waals surface area contributed by atoms with Gasteiger partial charge < -0.3 is 10.1 Å². The molecule has 0 amide bonds. The van der Waals surface area contributed by atoms with Crippen molar-refractivity contribution in [1.29, 1.82) is 0 Å². The lowest BCUT2D eigenvalue weighted by atomic mass is 9.66. The second-order valence-corrected chi connectivity index (χ2v) is 6.92. The number of ether oxygens (including phenoxy) is 1. The normalized spacial score (nSPS) is 26.8. The minimum Gasteiger partial charge on any atom is -0.496 e. The molecule has 1 heterocycles. The Kier molecular flexibility index (Phi) is 5.09. The van der Waals surface area contributed by atoms with Gasteiger partial charge in [-0.2, -0.15) is 0 Å². The summed E-state index contributed by atoms with van der Waals surface area (Å²) in [6.07, 6.45) is 3.68. The second-order valence-electron chi connectivity index (χ2n) is 6.92. The molecule has 1 saturated heterocycles. The van der Waals surface area contributed by atoms with Crippen LogP contribution < -0.4 is 10.1 Å². The zero-order valence-electron chi connectivity index (χ0n) is 13.4. The van der Waals surface area contributed by atoms with Crippen LogP contribution in [0.25, 0.3) is 0 Å². The molecule has 20 heavy (non-hydrogen) atoms. The van der Waals surface area contributed by atoms with Crippen LogP contribution in [0.5, 0.6) is 5.75 Å². The molecule has 2 rings (SSSR count). The topological polar surface area (TPSA) is 21.3 Å². The Bertz CT molecular complexity index is 429. The molecule has 0 bridgehead atoms. The van der Waals surface area contributed by atoms with Gasteiger partial charge >= 0.3 is 0 Å². The van der Waals surface area contributed by atoms with Crippen molar-refractivity contribution in [3.63, 3.8) is 0 Å². The molecular weight excluding hydrogens is 246 g/mol. The summed E-state index contributed by atoms with van der Waals surface area (Å²) in [5, 5.41) is 3.58. The Morgan fingerprint density at radius 3 is 2.80 bits per heavy atom. The second kappa shape index (κ2) is 6.62. The van der Waals surface area contributed by atoms with E-state index in [2.05, 4.69) is 50.4 Å². The molecule has 0 aliphatic carbocycles. The van der Waals surface area contributed by atoms with Gasteiger partial charge in [0.25, 0.3) is 0 Å². The smallest absolute Gasteiger partial charge is 0.122 e. The van der Waals surface area contributed by atoms with Gasteiger partial charge in [-0.05, 0) is 61.2 Å². The van der Waals surface area contributed by atoms with Gasteiger partial charge in [-0.3, -0.25) is 0 Å². The molecule has 1 fully saturated rings. The lowest BCUT2D eigenvalue weighted by Gasteiger charge is -2.43. The molecule has 1 N–H and O–H groups in total. The summed E-state index contributed by atoms with van der Waals surface area (Å²) in [5.41, 5.74) is 1.73. The van der Waals surface area contributed by atoms with E-state index in [9.17, 15) is 0 Å². The summed E-state index contributed by atoms with van der Waals surface area (Å²) in [6, 6.07) is 8.48. The zero-order chi connectivity index (χ0) is 14.6. The number of nitrogens with one attached hydrogen (secondary N) is 1. The highest BCUT2D eigenvalue weighted by atomic mass is 16.5. The van der Waals surface area contributed by atoms with Crippen LogP contribution in [0.4, 0.5) is 0 Å². The lowest BCUT2D eigenvalue weighted by molar-refractivity contribution is 0.109. The predicted octanol–water partition coefficient (Wildman–Crippen LogP) is 3.90. The number of methoxy groups -OCH3 is 1. The first-order valence-corrected chi connectivity index (χ1v) is 7.88. The molecular formula is C18H29NO. The molecule has 1 aromatic carbocycles. The largest absolute Gasteiger partial charge is 0.496 e. The molecule has 1 aliphatic heterocycles. The average Bonchev–Trinajstić information content (AvgIpc) is 2.42. The maximum absolute atomic E-state index is 5.53. The Balaban J connectivity index is 2.18. The number of benzene rings is 1. The third kappa shape index (κ3) is 3.54. The summed E-state index contributed by atoms with van der Waals surface area (Å²) in [7, 11) is 1.77. The summed E-state index contributed by atoms with van der Waals surface area (Å²) in [4.78, 5) is 0. The van der Waals surface area contributed by atoms with E-state index >= 15 is 0 Å². The maximum atomic E-state index is 5.53. The molecule has 2 atom stereocenters. The van der Waals surface area contributed by atoms with E-state index < -0.39 is 0 Å². The molecule has 0 radical (unpaired) electrons. The van der Waals surface area contributed by atoms with E-state index in [1.165, 1.54) is 18.4 Å². The van der Waals surface area contributed by atoms with Crippen molar-refractivity contribution in [2.45, 2.75) is 40.0 Å². The van der Waals surface area contributed by atoms with E-state index in [-0.39, 0.29) is 0 Å². The van der Waals surface area contributed by atoms with Crippen molar-refractivity contribution in [3.8, 4) is 5.75 Å². The minimum atomic E-state index is 0.379. The number of piperidine rings is 1. The van der Waals surface area contributed by atoms with Crippen molar-refractivity contribution in [3.05, 3.63) is 29.8 Å². The molecule has 0 saturated carbocycles. The minimum absolute atomic E-state index is 0.379.